The summed E-state index contributed by atoms with van der Waals surface area (Å²) in [6, 6.07) is 16.6. The van der Waals surface area contributed by atoms with Gasteiger partial charge in [0, 0.05) is 15.7 Å². The lowest BCUT2D eigenvalue weighted by molar-refractivity contribution is 0.409. The van der Waals surface area contributed by atoms with Gasteiger partial charge in [-0.25, -0.2) is 0 Å². The Morgan fingerprint density at radius 1 is 0.763 bits per heavy atom. The van der Waals surface area contributed by atoms with Crippen LogP contribution in [-0.2, 0) is 10.8 Å². The summed E-state index contributed by atoms with van der Waals surface area (Å²) in [5, 5.41) is 30.8. The maximum absolute atomic E-state index is 10.5. The summed E-state index contributed by atoms with van der Waals surface area (Å²) in [5.41, 5.74) is 7.52. The van der Waals surface area contributed by atoms with Crippen LogP contribution < -0.4 is 0 Å². The molecular weight excluding hydrogens is 488 g/mol. The zero-order valence-electron chi connectivity index (χ0n) is 23.8. The lowest BCUT2D eigenvalue weighted by Crippen LogP contribution is -2.27. The van der Waals surface area contributed by atoms with Crippen molar-refractivity contribution in [2.24, 2.45) is 0 Å². The van der Waals surface area contributed by atoms with Crippen molar-refractivity contribution in [3.8, 4) is 11.5 Å². The molecule has 0 amide bonds. The van der Waals surface area contributed by atoms with Crippen LogP contribution in [0.2, 0.25) is 0 Å². The highest BCUT2D eigenvalue weighted by Crippen LogP contribution is 2.44. The molecule has 0 heterocycles. The molecule has 3 N–H and O–H groups in total. The van der Waals surface area contributed by atoms with Gasteiger partial charge in [0.2, 0.25) is 0 Å². The zero-order chi connectivity index (χ0) is 28.6. The molecule has 1 atom stereocenters. The predicted molar refractivity (Wildman–Crippen MR) is 162 cm³/mol. The van der Waals surface area contributed by atoms with Crippen molar-refractivity contribution in [2.45, 2.75) is 71.1 Å². The van der Waals surface area contributed by atoms with E-state index in [1.165, 1.54) is 0 Å². The van der Waals surface area contributed by atoms with Gasteiger partial charge in [-0.2, -0.15) is 0 Å². The van der Waals surface area contributed by atoms with Gasteiger partial charge in [0.25, 0.3) is 0 Å². The Bertz CT molecular complexity index is 1330. The average molecular weight is 529 g/mol. The number of aryl methyl sites for hydroxylation is 3. The lowest BCUT2D eigenvalue weighted by Gasteiger charge is -2.34. The first-order chi connectivity index (χ1) is 17.6. The number of hydrogen-bond acceptors (Lipinski definition) is 4. The zero-order valence-corrected chi connectivity index (χ0v) is 24.7. The van der Waals surface area contributed by atoms with Gasteiger partial charge in [0.05, 0.1) is 5.76 Å². The van der Waals surface area contributed by atoms with Gasteiger partial charge in [-0.15, -0.1) is 12.6 Å². The van der Waals surface area contributed by atoms with E-state index in [-0.39, 0.29) is 11.2 Å². The third-order valence-corrected chi connectivity index (χ3v) is 8.34. The first-order valence-electron chi connectivity index (χ1n) is 12.8. The number of allylic oxidation sites excluding steroid dienone is 5. The number of phenolic OH excluding ortho intramolecular Hbond substituents is 2. The molecule has 0 aromatic heterocycles. The number of phenols is 2. The van der Waals surface area contributed by atoms with Crippen molar-refractivity contribution in [1.29, 1.82) is 0 Å². The molecule has 0 aliphatic carbocycles. The largest absolute Gasteiger partial charge is 0.512 e. The molecule has 1 unspecified atom stereocenters. The maximum Gasteiger partial charge on any atom is 0.131 e. The second-order valence-electron chi connectivity index (χ2n) is 11.0. The highest BCUT2D eigenvalue weighted by molar-refractivity contribution is 7.80. The molecule has 3 aromatic carbocycles. The van der Waals surface area contributed by atoms with Crippen LogP contribution in [0.25, 0.3) is 0 Å². The Hall–Kier alpha value is -3.37. The van der Waals surface area contributed by atoms with Crippen molar-refractivity contribution < 1.29 is 15.3 Å². The van der Waals surface area contributed by atoms with Gasteiger partial charge in [-0.3, -0.25) is 0 Å². The fourth-order valence-electron chi connectivity index (χ4n) is 5.01. The van der Waals surface area contributed by atoms with Crippen molar-refractivity contribution >= 4 is 12.6 Å². The van der Waals surface area contributed by atoms with Gasteiger partial charge in [0.15, 0.2) is 0 Å². The van der Waals surface area contributed by atoms with E-state index in [1.807, 2.05) is 64.1 Å². The maximum atomic E-state index is 10.5. The Morgan fingerprint density at radius 2 is 1.21 bits per heavy atom. The van der Waals surface area contributed by atoms with Crippen LogP contribution in [0.1, 0.15) is 73.6 Å². The van der Waals surface area contributed by atoms with Crippen molar-refractivity contribution in [1.82, 2.24) is 0 Å². The summed E-state index contributed by atoms with van der Waals surface area (Å²) in [5.74, 6) is 0.774. The molecule has 0 radical (unpaired) electrons. The number of aliphatic hydroxyl groups excluding tert-OH is 1. The number of hydrogen-bond donors (Lipinski definition) is 4. The van der Waals surface area contributed by atoms with Gasteiger partial charge in [-0.05, 0) is 97.7 Å². The molecule has 3 aromatic rings. The quantitative estimate of drug-likeness (QED) is 0.107. The molecule has 0 bridgehead atoms. The number of benzene rings is 3. The topological polar surface area (TPSA) is 60.7 Å². The molecular formula is C34H40O3S. The van der Waals surface area contributed by atoms with E-state index in [2.05, 4.69) is 64.2 Å². The second kappa shape index (κ2) is 10.8. The van der Waals surface area contributed by atoms with Gasteiger partial charge in [0.1, 0.15) is 11.5 Å². The van der Waals surface area contributed by atoms with Crippen LogP contribution in [0.15, 0.2) is 89.1 Å². The van der Waals surface area contributed by atoms with Crippen LogP contribution in [0, 0.1) is 20.8 Å². The second-order valence-corrected chi connectivity index (χ2v) is 11.5. The van der Waals surface area contributed by atoms with E-state index in [0.717, 1.165) is 50.1 Å². The van der Waals surface area contributed by atoms with Crippen LogP contribution >= 0.6 is 12.6 Å². The molecule has 4 heteroatoms. The summed E-state index contributed by atoms with van der Waals surface area (Å²) in [7, 11) is 0. The molecule has 0 saturated carbocycles. The van der Waals surface area contributed by atoms with E-state index in [4.69, 9.17) is 0 Å². The Balaban J connectivity index is 2.25. The minimum atomic E-state index is -0.577. The van der Waals surface area contributed by atoms with E-state index in [9.17, 15) is 15.3 Å². The first-order valence-corrected chi connectivity index (χ1v) is 13.2. The molecule has 0 aliphatic rings. The minimum absolute atomic E-state index is 0.181. The highest BCUT2D eigenvalue weighted by atomic mass is 32.1. The summed E-state index contributed by atoms with van der Waals surface area (Å²) >= 11 is 4.55. The highest BCUT2D eigenvalue weighted by Gasteiger charge is 2.34. The number of aromatic hydroxyl groups is 2. The normalized spacial score (nSPS) is 14.6. The van der Waals surface area contributed by atoms with E-state index in [0.29, 0.717) is 16.4 Å². The lowest BCUT2D eigenvalue weighted by atomic mass is 9.69. The van der Waals surface area contributed by atoms with Crippen LogP contribution in [0.4, 0.5) is 0 Å². The Labute approximate surface area is 233 Å². The van der Waals surface area contributed by atoms with Crippen molar-refractivity contribution in [3.05, 3.63) is 123 Å². The molecule has 0 spiro atoms. The Morgan fingerprint density at radius 3 is 1.66 bits per heavy atom. The third-order valence-electron chi connectivity index (χ3n) is 7.99. The smallest absolute Gasteiger partial charge is 0.131 e. The SMILES string of the molecule is C=C/C(=C\C(C)=C(/C)O)C(C)(C)c1ccc(C(C)(c2cc(C)c(O)c(C)c2)c2cc(C)c(O)c(S)c2)cc1. The summed E-state index contributed by atoms with van der Waals surface area (Å²) < 4.78 is 0. The molecule has 38 heavy (non-hydrogen) atoms. The fourth-order valence-corrected chi connectivity index (χ4v) is 5.33. The first kappa shape index (κ1) is 29.2. The van der Waals surface area contributed by atoms with Crippen molar-refractivity contribution in [3.63, 3.8) is 0 Å². The van der Waals surface area contributed by atoms with E-state index >= 15 is 0 Å². The molecule has 0 aliphatic heterocycles. The number of aliphatic hydroxyl groups is 1. The summed E-state index contributed by atoms with van der Waals surface area (Å²) in [4.78, 5) is 0.527. The molecule has 3 nitrogen and oxygen atoms in total. The van der Waals surface area contributed by atoms with Gasteiger partial charge in [-0.1, -0.05) is 75.0 Å². The van der Waals surface area contributed by atoms with E-state index in [1.54, 1.807) is 6.92 Å². The number of rotatable bonds is 7. The third kappa shape index (κ3) is 5.28. The van der Waals surface area contributed by atoms with Crippen molar-refractivity contribution in [2.75, 3.05) is 0 Å². The monoisotopic (exact) mass is 528 g/mol. The average Bonchev–Trinajstić information content (AvgIpc) is 2.87. The molecule has 3 rings (SSSR count). The van der Waals surface area contributed by atoms with Gasteiger partial charge >= 0.3 is 0 Å². The molecule has 0 fully saturated rings. The summed E-state index contributed by atoms with van der Waals surface area (Å²) in [6.07, 6.45) is 3.83. The number of thiol groups is 1. The Kier molecular flexibility index (Phi) is 8.28. The minimum Gasteiger partial charge on any atom is -0.512 e. The molecule has 0 saturated heterocycles. The van der Waals surface area contributed by atoms with Crippen LogP contribution in [0.3, 0.4) is 0 Å². The molecule has 200 valence electrons. The summed E-state index contributed by atoms with van der Waals surface area (Å²) in [6.45, 7) is 19.8. The standard InChI is InChI=1S/C34H40O3S/c1-10-25(15-20(2)24(6)35)33(7,8)26-11-13-27(14-12-26)34(9,28-16-21(3)31(36)22(4)17-28)29-18-23(5)32(37)30(38)19-29/h10-19,35-38H,1H2,2-9H3/b24-20+,25-15+. The van der Waals surface area contributed by atoms with E-state index < -0.39 is 5.41 Å². The fraction of sp³-hybridized carbons (Fsp3) is 0.294. The van der Waals surface area contributed by atoms with Gasteiger partial charge < -0.3 is 15.3 Å². The van der Waals surface area contributed by atoms with Crippen LogP contribution in [0.5, 0.6) is 11.5 Å². The predicted octanol–water partition coefficient (Wildman–Crippen LogP) is 8.91. The van der Waals surface area contributed by atoms with Crippen LogP contribution in [-0.4, -0.2) is 15.3 Å².